The average Bonchev–Trinajstić information content (AvgIpc) is 2.13. The number of hydrogen-bond donors (Lipinski definition) is 1. The summed E-state index contributed by atoms with van der Waals surface area (Å²) in [6, 6.07) is 1.85. The van der Waals surface area contributed by atoms with Crippen molar-refractivity contribution in [1.29, 1.82) is 5.26 Å². The molecular weight excluding hydrogens is 168 g/mol. The largest absolute Gasteiger partial charge is 0.373 e. The lowest BCUT2D eigenvalue weighted by Crippen LogP contribution is -2.48. The van der Waals surface area contributed by atoms with Crippen LogP contribution < -0.4 is 5.32 Å². The molecule has 13 heavy (non-hydrogen) atoms. The van der Waals surface area contributed by atoms with E-state index in [1.165, 1.54) is 0 Å². The number of nitrogens with one attached hydrogen (secondary N) is 1. The first-order valence-electron chi connectivity index (χ1n) is 4.36. The molecule has 0 spiro atoms. The van der Waals surface area contributed by atoms with Crippen LogP contribution in [0.4, 0.5) is 0 Å². The molecule has 0 bridgehead atoms. The maximum Gasteiger partial charge on any atom is 0.222 e. The van der Waals surface area contributed by atoms with Gasteiger partial charge >= 0.3 is 0 Å². The number of amides is 1. The molecule has 1 saturated heterocycles. The summed E-state index contributed by atoms with van der Waals surface area (Å²) in [7, 11) is 0. The number of carbonyl (C=O) groups excluding carboxylic acids is 1. The lowest BCUT2D eigenvalue weighted by atomic mass is 9.96. The second-order valence-corrected chi connectivity index (χ2v) is 3.68. The van der Waals surface area contributed by atoms with E-state index < -0.39 is 5.60 Å². The summed E-state index contributed by atoms with van der Waals surface area (Å²) in [6.07, 6.45) is 0.671. The molecule has 0 aliphatic carbocycles. The summed E-state index contributed by atoms with van der Waals surface area (Å²) >= 11 is 0. The van der Waals surface area contributed by atoms with Crippen LogP contribution in [-0.2, 0) is 9.53 Å². The SMILES string of the molecule is CC1(C)OCCC(=O)NC1CC#N. The molecule has 1 rings (SSSR count). The van der Waals surface area contributed by atoms with Crippen molar-refractivity contribution in [3.63, 3.8) is 0 Å². The van der Waals surface area contributed by atoms with Crippen molar-refractivity contribution < 1.29 is 9.53 Å². The van der Waals surface area contributed by atoms with Crippen molar-refractivity contribution in [3.05, 3.63) is 0 Å². The highest BCUT2D eigenvalue weighted by Crippen LogP contribution is 2.20. The molecule has 1 amide bonds. The van der Waals surface area contributed by atoms with Crippen LogP contribution in [0.25, 0.3) is 0 Å². The Kier molecular flexibility index (Phi) is 2.89. The van der Waals surface area contributed by atoms with E-state index in [4.69, 9.17) is 10.00 Å². The molecule has 1 aliphatic heterocycles. The van der Waals surface area contributed by atoms with E-state index in [1.54, 1.807) is 0 Å². The van der Waals surface area contributed by atoms with Gasteiger partial charge in [0.05, 0.1) is 30.7 Å². The minimum Gasteiger partial charge on any atom is -0.373 e. The molecule has 1 N–H and O–H groups in total. The monoisotopic (exact) mass is 182 g/mol. The summed E-state index contributed by atoms with van der Waals surface area (Å²) in [4.78, 5) is 11.2. The zero-order chi connectivity index (χ0) is 9.90. The lowest BCUT2D eigenvalue weighted by molar-refractivity contribution is -0.121. The fraction of sp³-hybridized carbons (Fsp3) is 0.778. The quantitative estimate of drug-likeness (QED) is 0.645. The van der Waals surface area contributed by atoms with Gasteiger partial charge < -0.3 is 10.1 Å². The molecule has 1 aliphatic rings. The molecule has 0 radical (unpaired) electrons. The molecule has 1 atom stereocenters. The van der Waals surface area contributed by atoms with E-state index in [9.17, 15) is 4.79 Å². The number of nitrogens with zero attached hydrogens (tertiary/aromatic N) is 1. The van der Waals surface area contributed by atoms with Gasteiger partial charge in [0.2, 0.25) is 5.91 Å². The van der Waals surface area contributed by atoms with Crippen LogP contribution in [0, 0.1) is 11.3 Å². The molecule has 0 aromatic carbocycles. The molecule has 72 valence electrons. The van der Waals surface area contributed by atoms with Gasteiger partial charge in [-0.1, -0.05) is 0 Å². The summed E-state index contributed by atoms with van der Waals surface area (Å²) in [5, 5.41) is 11.4. The second kappa shape index (κ2) is 3.75. The molecule has 4 nitrogen and oxygen atoms in total. The van der Waals surface area contributed by atoms with Crippen LogP contribution >= 0.6 is 0 Å². The summed E-state index contributed by atoms with van der Waals surface area (Å²) in [5.74, 6) is -0.0363. The molecule has 1 heterocycles. The van der Waals surface area contributed by atoms with E-state index in [1.807, 2.05) is 19.9 Å². The molecule has 0 aromatic rings. The number of rotatable bonds is 1. The Bertz CT molecular complexity index is 242. The van der Waals surface area contributed by atoms with Crippen LogP contribution in [0.2, 0.25) is 0 Å². The Morgan fingerprint density at radius 1 is 1.77 bits per heavy atom. The van der Waals surface area contributed by atoms with E-state index in [-0.39, 0.29) is 11.9 Å². The van der Waals surface area contributed by atoms with Crippen molar-refractivity contribution >= 4 is 5.91 Å². The van der Waals surface area contributed by atoms with Gasteiger partial charge in [0, 0.05) is 6.42 Å². The second-order valence-electron chi connectivity index (χ2n) is 3.68. The molecular formula is C9H14N2O2. The Morgan fingerprint density at radius 3 is 3.08 bits per heavy atom. The van der Waals surface area contributed by atoms with Crippen LogP contribution in [0.5, 0.6) is 0 Å². The number of ether oxygens (including phenoxy) is 1. The first kappa shape index (κ1) is 10.0. The topological polar surface area (TPSA) is 62.1 Å². The Balaban J connectivity index is 2.73. The van der Waals surface area contributed by atoms with Gasteiger partial charge in [-0.2, -0.15) is 5.26 Å². The van der Waals surface area contributed by atoms with Gasteiger partial charge in [-0.05, 0) is 13.8 Å². The molecule has 1 fully saturated rings. The van der Waals surface area contributed by atoms with Gasteiger partial charge in [0.1, 0.15) is 0 Å². The van der Waals surface area contributed by atoms with Crippen molar-refractivity contribution in [2.24, 2.45) is 0 Å². The van der Waals surface area contributed by atoms with Gasteiger partial charge in [-0.15, -0.1) is 0 Å². The number of nitriles is 1. The normalized spacial score (nSPS) is 27.2. The van der Waals surface area contributed by atoms with E-state index >= 15 is 0 Å². The molecule has 4 heteroatoms. The predicted octanol–water partition coefficient (Wildman–Crippen LogP) is 0.584. The highest BCUT2D eigenvalue weighted by atomic mass is 16.5. The van der Waals surface area contributed by atoms with Crippen LogP contribution in [0.15, 0.2) is 0 Å². The Morgan fingerprint density at radius 2 is 2.46 bits per heavy atom. The van der Waals surface area contributed by atoms with E-state index in [0.717, 1.165) is 0 Å². The van der Waals surface area contributed by atoms with Crippen LogP contribution in [0.1, 0.15) is 26.7 Å². The maximum atomic E-state index is 11.2. The van der Waals surface area contributed by atoms with Crippen LogP contribution in [-0.4, -0.2) is 24.2 Å². The fourth-order valence-corrected chi connectivity index (χ4v) is 1.34. The zero-order valence-corrected chi connectivity index (χ0v) is 7.96. The average molecular weight is 182 g/mol. The van der Waals surface area contributed by atoms with Gasteiger partial charge in [0.15, 0.2) is 0 Å². The van der Waals surface area contributed by atoms with Gasteiger partial charge in [-0.25, -0.2) is 0 Å². The molecule has 1 unspecified atom stereocenters. The van der Waals surface area contributed by atoms with E-state index in [0.29, 0.717) is 19.4 Å². The summed E-state index contributed by atoms with van der Waals surface area (Å²) in [6.45, 7) is 4.21. The fourth-order valence-electron chi connectivity index (χ4n) is 1.34. The third-order valence-corrected chi connectivity index (χ3v) is 2.27. The zero-order valence-electron chi connectivity index (χ0n) is 7.96. The molecule has 0 aromatic heterocycles. The first-order chi connectivity index (χ1) is 6.06. The third kappa shape index (κ3) is 2.43. The van der Waals surface area contributed by atoms with Gasteiger partial charge in [0.25, 0.3) is 0 Å². The van der Waals surface area contributed by atoms with Crippen molar-refractivity contribution in [2.75, 3.05) is 6.61 Å². The maximum absolute atomic E-state index is 11.2. The molecule has 0 saturated carbocycles. The number of carbonyl (C=O) groups is 1. The first-order valence-corrected chi connectivity index (χ1v) is 4.36. The third-order valence-electron chi connectivity index (χ3n) is 2.27. The standard InChI is InChI=1S/C9H14N2O2/c1-9(2)7(3-5-10)11-8(12)4-6-13-9/h7H,3-4,6H2,1-2H3,(H,11,12). The highest BCUT2D eigenvalue weighted by Gasteiger charge is 2.33. The smallest absolute Gasteiger partial charge is 0.222 e. The van der Waals surface area contributed by atoms with Gasteiger partial charge in [-0.3, -0.25) is 4.79 Å². The van der Waals surface area contributed by atoms with Crippen molar-refractivity contribution in [1.82, 2.24) is 5.32 Å². The number of hydrogen-bond acceptors (Lipinski definition) is 3. The van der Waals surface area contributed by atoms with Crippen molar-refractivity contribution in [2.45, 2.75) is 38.3 Å². The van der Waals surface area contributed by atoms with Crippen LogP contribution in [0.3, 0.4) is 0 Å². The predicted molar refractivity (Wildman–Crippen MR) is 46.8 cm³/mol. The minimum atomic E-state index is -0.443. The van der Waals surface area contributed by atoms with Crippen molar-refractivity contribution in [3.8, 4) is 6.07 Å². The Labute approximate surface area is 77.9 Å². The lowest BCUT2D eigenvalue weighted by Gasteiger charge is -2.30. The highest BCUT2D eigenvalue weighted by molar-refractivity contribution is 5.76. The summed E-state index contributed by atoms with van der Waals surface area (Å²) in [5.41, 5.74) is -0.443. The minimum absolute atomic E-state index is 0.0363. The Hall–Kier alpha value is -1.08. The van der Waals surface area contributed by atoms with E-state index in [2.05, 4.69) is 5.32 Å². The summed E-state index contributed by atoms with van der Waals surface area (Å²) < 4.78 is 5.49.